The van der Waals surface area contributed by atoms with E-state index in [0.29, 0.717) is 37.0 Å². The maximum absolute atomic E-state index is 13.0. The molecule has 6 nitrogen and oxygen atoms in total. The van der Waals surface area contributed by atoms with Crippen LogP contribution in [0.1, 0.15) is 142 Å². The number of rotatable bonds is 14. The van der Waals surface area contributed by atoms with Crippen LogP contribution in [0.25, 0.3) is 0 Å². The van der Waals surface area contributed by atoms with Crippen LogP contribution in [0.2, 0.25) is 0 Å². The van der Waals surface area contributed by atoms with Crippen molar-refractivity contribution in [1.29, 1.82) is 0 Å². The monoisotopic (exact) mass is 621 g/mol. The number of aryl methyl sites for hydroxylation is 1. The average molecular weight is 622 g/mol. The first-order valence-electron chi connectivity index (χ1n) is 18.2. The van der Waals surface area contributed by atoms with E-state index in [9.17, 15) is 15.0 Å². The van der Waals surface area contributed by atoms with Crippen LogP contribution in [-0.4, -0.2) is 39.5 Å². The third-order valence-electron chi connectivity index (χ3n) is 12.0. The van der Waals surface area contributed by atoms with E-state index in [2.05, 4.69) is 46.4 Å². The predicted octanol–water partition coefficient (Wildman–Crippen LogP) is 8.71. The highest BCUT2D eigenvalue weighted by Crippen LogP contribution is 2.60. The third kappa shape index (κ3) is 7.53. The van der Waals surface area contributed by atoms with Crippen LogP contribution in [0.4, 0.5) is 0 Å². The van der Waals surface area contributed by atoms with Gasteiger partial charge in [-0.2, -0.15) is 0 Å². The first kappa shape index (κ1) is 34.2. The van der Waals surface area contributed by atoms with Crippen molar-refractivity contribution in [2.45, 2.75) is 161 Å². The van der Waals surface area contributed by atoms with Crippen LogP contribution in [0.15, 0.2) is 46.1 Å². The van der Waals surface area contributed by atoms with E-state index in [1.165, 1.54) is 31.3 Å². The Balaban J connectivity index is 1.28. The predicted molar refractivity (Wildman–Crippen MR) is 179 cm³/mol. The molecule has 4 saturated carbocycles. The summed E-state index contributed by atoms with van der Waals surface area (Å²) in [5.74, 6) is 3.36. The number of hydrogen-bond acceptors (Lipinski definition) is 6. The van der Waals surface area contributed by atoms with E-state index in [1.54, 1.807) is 0 Å². The molecule has 5 rings (SSSR count). The van der Waals surface area contributed by atoms with E-state index in [1.807, 2.05) is 6.20 Å². The normalized spacial score (nSPS) is 32.4. The molecular formula is C39H59NO5. The highest BCUT2D eigenvalue weighted by Gasteiger charge is 2.57. The molecule has 0 radical (unpaired) electrons. The molecule has 4 aliphatic carbocycles. The summed E-state index contributed by atoms with van der Waals surface area (Å²) in [6.07, 6.45) is 21.2. The smallest absolute Gasteiger partial charge is 0.306 e. The number of aliphatic hydroxyl groups excluding tert-OH is 2. The molecular weight excluding hydrogens is 562 g/mol. The van der Waals surface area contributed by atoms with Gasteiger partial charge < -0.3 is 19.4 Å². The van der Waals surface area contributed by atoms with Gasteiger partial charge in [-0.05, 0) is 111 Å². The zero-order chi connectivity index (χ0) is 32.2. The minimum atomic E-state index is -0.650. The van der Waals surface area contributed by atoms with E-state index in [-0.39, 0.29) is 22.9 Å². The van der Waals surface area contributed by atoms with Crippen LogP contribution in [0.5, 0.6) is 0 Å². The van der Waals surface area contributed by atoms with E-state index in [4.69, 9.17) is 14.1 Å². The second-order valence-electron chi connectivity index (χ2n) is 15.2. The number of carbonyl (C=O) groups is 1. The lowest BCUT2D eigenvalue weighted by atomic mass is 9.60. The summed E-state index contributed by atoms with van der Waals surface area (Å²) >= 11 is 0. The van der Waals surface area contributed by atoms with Crippen LogP contribution in [0.3, 0.4) is 0 Å². The molecule has 0 amide bonds. The Kier molecular flexibility index (Phi) is 11.2. The average Bonchev–Trinajstić information content (AvgIpc) is 3.53. The lowest BCUT2D eigenvalue weighted by molar-refractivity contribution is -0.152. The lowest BCUT2D eigenvalue weighted by Crippen LogP contribution is -2.37. The van der Waals surface area contributed by atoms with Crippen LogP contribution < -0.4 is 0 Å². The van der Waals surface area contributed by atoms with Gasteiger partial charge in [0.25, 0.3) is 0 Å². The summed E-state index contributed by atoms with van der Waals surface area (Å²) in [5, 5.41) is 20.5. The molecule has 2 N–H and O–H groups in total. The number of nitrogens with zero attached hydrogens (tertiary/aromatic N) is 1. The lowest BCUT2D eigenvalue weighted by Gasteiger charge is -2.44. The summed E-state index contributed by atoms with van der Waals surface area (Å²) in [6.45, 7) is 13.4. The number of hydrogen-bond donors (Lipinski definition) is 2. The summed E-state index contributed by atoms with van der Waals surface area (Å²) in [4.78, 5) is 17.7. The molecule has 0 bridgehead atoms. The topological polar surface area (TPSA) is 92.8 Å². The first-order chi connectivity index (χ1) is 21.6. The Morgan fingerprint density at radius 1 is 1.16 bits per heavy atom. The van der Waals surface area contributed by atoms with Crippen molar-refractivity contribution in [1.82, 2.24) is 4.98 Å². The molecule has 1 aromatic heterocycles. The minimum absolute atomic E-state index is 0.0803. The maximum atomic E-state index is 13.0. The van der Waals surface area contributed by atoms with Crippen molar-refractivity contribution in [3.63, 3.8) is 0 Å². The van der Waals surface area contributed by atoms with Gasteiger partial charge in [0, 0.05) is 19.3 Å². The Hall–Kier alpha value is -2.18. The van der Waals surface area contributed by atoms with Crippen molar-refractivity contribution in [2.24, 2.45) is 23.2 Å². The molecule has 0 aliphatic heterocycles. The maximum Gasteiger partial charge on any atom is 0.306 e. The molecule has 6 heteroatoms. The number of fused-ring (bicyclic) bond motifs is 1. The zero-order valence-electron chi connectivity index (χ0n) is 28.5. The Morgan fingerprint density at radius 3 is 2.67 bits per heavy atom. The van der Waals surface area contributed by atoms with Gasteiger partial charge in [-0.1, -0.05) is 64.8 Å². The van der Waals surface area contributed by atoms with E-state index < -0.39 is 12.2 Å². The number of unbranched alkanes of at least 4 members (excludes halogenated alkanes) is 2. The van der Waals surface area contributed by atoms with E-state index >= 15 is 0 Å². The molecule has 0 saturated heterocycles. The van der Waals surface area contributed by atoms with Gasteiger partial charge in [0.2, 0.25) is 5.89 Å². The molecule has 45 heavy (non-hydrogen) atoms. The van der Waals surface area contributed by atoms with Gasteiger partial charge in [-0.25, -0.2) is 4.98 Å². The zero-order valence-corrected chi connectivity index (χ0v) is 28.5. The Bertz CT molecular complexity index is 1240. The fourth-order valence-electron chi connectivity index (χ4n) is 9.09. The molecule has 7 atom stereocenters. The summed E-state index contributed by atoms with van der Waals surface area (Å²) in [5.41, 5.74) is 3.25. The van der Waals surface area contributed by atoms with Gasteiger partial charge in [-0.3, -0.25) is 4.79 Å². The van der Waals surface area contributed by atoms with Crippen molar-refractivity contribution in [2.75, 3.05) is 0 Å². The molecule has 250 valence electrons. The number of allylic oxidation sites excluding steroid dienone is 3. The number of ether oxygens (including phenoxy) is 1. The van der Waals surface area contributed by atoms with E-state index in [0.717, 1.165) is 87.0 Å². The Labute approximate surface area is 271 Å². The molecule has 4 aliphatic rings. The second kappa shape index (κ2) is 14.7. The number of carbonyl (C=O) groups excluding carboxylic acids is 1. The largest absolute Gasteiger partial charge is 0.461 e. The van der Waals surface area contributed by atoms with Crippen molar-refractivity contribution < 1.29 is 24.2 Å². The quantitative estimate of drug-likeness (QED) is 0.202. The second-order valence-corrected chi connectivity index (χ2v) is 15.2. The highest BCUT2D eigenvalue weighted by molar-refractivity contribution is 5.69. The number of aromatic nitrogens is 1. The fourth-order valence-corrected chi connectivity index (χ4v) is 9.09. The van der Waals surface area contributed by atoms with Gasteiger partial charge in [-0.15, -0.1) is 0 Å². The van der Waals surface area contributed by atoms with Crippen molar-refractivity contribution in [3.05, 3.63) is 53.3 Å². The van der Waals surface area contributed by atoms with Crippen molar-refractivity contribution >= 4 is 5.97 Å². The van der Waals surface area contributed by atoms with Gasteiger partial charge >= 0.3 is 5.97 Å². The molecule has 0 spiro atoms. The van der Waals surface area contributed by atoms with Gasteiger partial charge in [0.05, 0.1) is 23.8 Å². The van der Waals surface area contributed by atoms with Crippen LogP contribution in [0, 0.1) is 23.2 Å². The van der Waals surface area contributed by atoms with Crippen LogP contribution in [-0.2, 0) is 21.4 Å². The number of aliphatic hydroxyl groups is 2. The minimum Gasteiger partial charge on any atom is -0.461 e. The molecule has 0 unspecified atom stereocenters. The SMILES string of the molecule is C=C1/C(=C\C=C2/CCC[C@]3(C)[C@@H]([C@H](C)CC[C@@H](OC(=O)CCCC)C4(c5ncc(CCCC)o5)CC4)CC[C@@H]23)C[C@@H](O)C[C@@H]1O. The van der Waals surface area contributed by atoms with Crippen molar-refractivity contribution in [3.8, 4) is 0 Å². The number of esters is 1. The Morgan fingerprint density at radius 2 is 1.93 bits per heavy atom. The van der Waals surface area contributed by atoms with Gasteiger partial charge in [0.1, 0.15) is 11.9 Å². The summed E-state index contributed by atoms with van der Waals surface area (Å²) in [7, 11) is 0. The standard InChI is InChI=1S/C39H59NO5/c1-6-8-12-31-25-40-37(44-31)39(21-22-39)35(45-36(43)13-9-7-2)19-14-26(3)32-17-18-33-28(11-10-20-38(32,33)5)15-16-29-23-30(41)24-34(42)27(29)4/h15-16,25-26,30,32-35,41-42H,4,6-14,17-24H2,1-3,5H3/b28-15+,29-16-/t26-,30-,32-,33+,34+,35-,38-/m1/s1. The van der Waals surface area contributed by atoms with Crippen LogP contribution >= 0.6 is 0 Å². The number of oxazole rings is 1. The first-order valence-corrected chi connectivity index (χ1v) is 18.2. The summed E-state index contributed by atoms with van der Waals surface area (Å²) in [6, 6.07) is 0. The highest BCUT2D eigenvalue weighted by atomic mass is 16.5. The molecule has 0 aromatic carbocycles. The third-order valence-corrected chi connectivity index (χ3v) is 12.0. The fraction of sp³-hybridized carbons (Fsp3) is 0.744. The summed E-state index contributed by atoms with van der Waals surface area (Å²) < 4.78 is 12.6. The molecule has 1 aromatic rings. The molecule has 1 heterocycles. The molecule has 4 fully saturated rings. The van der Waals surface area contributed by atoms with Gasteiger partial charge in [0.15, 0.2) is 0 Å².